The average molecular weight is 226 g/mol. The number of carbonyl (C=O) groups excluding carboxylic acids is 1. The number of methoxy groups -OCH3 is 1. The number of rotatable bonds is 3. The van der Waals surface area contributed by atoms with Crippen LogP contribution in [0.4, 0.5) is 0 Å². The van der Waals surface area contributed by atoms with E-state index in [9.17, 15) is 4.79 Å². The normalized spacial score (nSPS) is 21.1. The fourth-order valence-electron chi connectivity index (χ4n) is 1.71. The lowest BCUT2D eigenvalue weighted by Crippen LogP contribution is -2.51. The maximum Gasteiger partial charge on any atom is 0.323 e. The Morgan fingerprint density at radius 2 is 2.60 bits per heavy atom. The van der Waals surface area contributed by atoms with E-state index in [4.69, 9.17) is 4.74 Å². The first kappa shape index (κ1) is 10.6. The van der Waals surface area contributed by atoms with Gasteiger partial charge >= 0.3 is 5.97 Å². The highest BCUT2D eigenvalue weighted by Gasteiger charge is 2.34. The Bertz CT molecular complexity index is 364. The monoisotopic (exact) mass is 226 g/mol. The molecule has 2 heterocycles. The highest BCUT2D eigenvalue weighted by Crippen LogP contribution is 2.23. The topological polar surface area (TPSA) is 42.4 Å². The summed E-state index contributed by atoms with van der Waals surface area (Å²) < 4.78 is 4.73. The van der Waals surface area contributed by atoms with Crippen LogP contribution in [0.2, 0.25) is 0 Å². The van der Waals surface area contributed by atoms with Crippen LogP contribution >= 0.6 is 11.3 Å². The molecule has 0 radical (unpaired) electrons. The Labute approximate surface area is 92.9 Å². The van der Waals surface area contributed by atoms with Crippen LogP contribution < -0.4 is 0 Å². The van der Waals surface area contributed by atoms with Gasteiger partial charge in [-0.25, -0.2) is 4.98 Å². The van der Waals surface area contributed by atoms with Crippen LogP contribution in [0.3, 0.4) is 0 Å². The van der Waals surface area contributed by atoms with E-state index in [-0.39, 0.29) is 12.0 Å². The van der Waals surface area contributed by atoms with Gasteiger partial charge in [0.2, 0.25) is 0 Å². The van der Waals surface area contributed by atoms with Gasteiger partial charge in [0, 0.05) is 24.2 Å². The van der Waals surface area contributed by atoms with Crippen molar-refractivity contribution in [2.45, 2.75) is 25.9 Å². The molecule has 1 saturated heterocycles. The Morgan fingerprint density at radius 3 is 3.07 bits per heavy atom. The van der Waals surface area contributed by atoms with Crippen LogP contribution in [0.25, 0.3) is 0 Å². The highest BCUT2D eigenvalue weighted by molar-refractivity contribution is 7.11. The second-order valence-corrected chi connectivity index (χ2v) is 4.96. The van der Waals surface area contributed by atoms with E-state index in [1.54, 1.807) is 11.3 Å². The first-order valence-corrected chi connectivity index (χ1v) is 5.75. The number of thiazole rings is 1. The summed E-state index contributed by atoms with van der Waals surface area (Å²) in [6.45, 7) is 3.77. The second-order valence-electron chi connectivity index (χ2n) is 3.64. The molecule has 1 aliphatic heterocycles. The molecule has 0 spiro atoms. The van der Waals surface area contributed by atoms with E-state index < -0.39 is 0 Å². The van der Waals surface area contributed by atoms with Crippen molar-refractivity contribution in [3.8, 4) is 0 Å². The Hall–Kier alpha value is -0.940. The van der Waals surface area contributed by atoms with Crippen molar-refractivity contribution in [3.63, 3.8) is 0 Å². The molecule has 1 aromatic heterocycles. The van der Waals surface area contributed by atoms with Gasteiger partial charge in [-0.15, -0.1) is 11.3 Å². The number of hydrogen-bond acceptors (Lipinski definition) is 5. The average Bonchev–Trinajstić information content (AvgIpc) is 2.58. The van der Waals surface area contributed by atoms with E-state index in [0.717, 1.165) is 24.5 Å². The molecule has 15 heavy (non-hydrogen) atoms. The first-order valence-electron chi connectivity index (χ1n) is 4.94. The lowest BCUT2D eigenvalue weighted by Gasteiger charge is -2.38. The van der Waals surface area contributed by atoms with Crippen LogP contribution in [0, 0.1) is 6.92 Å². The molecule has 0 aromatic carbocycles. The van der Waals surface area contributed by atoms with Gasteiger partial charge in [-0.1, -0.05) is 0 Å². The molecule has 5 heteroatoms. The van der Waals surface area contributed by atoms with Crippen LogP contribution in [-0.4, -0.2) is 35.5 Å². The Balaban J connectivity index is 1.93. The number of likely N-dealkylation sites (tertiary alicyclic amines) is 1. The number of esters is 1. The standard InChI is InChI=1S/C10H14N2O2S/c1-7-11-5-8(15-7)6-12-4-3-9(12)10(13)14-2/h5,9H,3-4,6H2,1-2H3. The summed E-state index contributed by atoms with van der Waals surface area (Å²) in [4.78, 5) is 18.9. The number of aryl methyl sites for hydroxylation is 1. The molecule has 0 saturated carbocycles. The number of ether oxygens (including phenoxy) is 1. The zero-order chi connectivity index (χ0) is 10.8. The molecule has 0 amide bonds. The van der Waals surface area contributed by atoms with Gasteiger partial charge in [0.15, 0.2) is 0 Å². The van der Waals surface area contributed by atoms with Gasteiger partial charge in [-0.3, -0.25) is 9.69 Å². The zero-order valence-corrected chi connectivity index (χ0v) is 9.71. The predicted octanol–water partition coefficient (Wildman–Crippen LogP) is 1.20. The quantitative estimate of drug-likeness (QED) is 0.726. The van der Waals surface area contributed by atoms with Gasteiger partial charge in [-0.05, 0) is 13.3 Å². The number of nitrogens with zero attached hydrogens (tertiary/aromatic N) is 2. The van der Waals surface area contributed by atoms with Gasteiger partial charge in [-0.2, -0.15) is 0 Å². The summed E-state index contributed by atoms with van der Waals surface area (Å²) in [6, 6.07) is -0.0441. The van der Waals surface area contributed by atoms with E-state index in [1.807, 2.05) is 13.1 Å². The lowest BCUT2D eigenvalue weighted by molar-refractivity contribution is -0.152. The molecule has 4 nitrogen and oxygen atoms in total. The fourth-order valence-corrected chi connectivity index (χ4v) is 2.53. The Kier molecular flexibility index (Phi) is 3.02. The third-order valence-electron chi connectivity index (χ3n) is 2.63. The fraction of sp³-hybridized carbons (Fsp3) is 0.600. The van der Waals surface area contributed by atoms with Crippen molar-refractivity contribution < 1.29 is 9.53 Å². The maximum atomic E-state index is 11.3. The zero-order valence-electron chi connectivity index (χ0n) is 8.90. The molecule has 1 aliphatic rings. The minimum absolute atomic E-state index is 0.0441. The third kappa shape index (κ3) is 2.18. The molecular weight excluding hydrogens is 212 g/mol. The van der Waals surface area contributed by atoms with Crippen molar-refractivity contribution >= 4 is 17.3 Å². The van der Waals surface area contributed by atoms with Crippen molar-refractivity contribution in [1.82, 2.24) is 9.88 Å². The minimum Gasteiger partial charge on any atom is -0.468 e. The first-order chi connectivity index (χ1) is 7.20. The number of aromatic nitrogens is 1. The molecule has 0 bridgehead atoms. The summed E-state index contributed by atoms with van der Waals surface area (Å²) in [5.41, 5.74) is 0. The van der Waals surface area contributed by atoms with Crippen LogP contribution in [0.5, 0.6) is 0 Å². The molecule has 1 atom stereocenters. The van der Waals surface area contributed by atoms with Gasteiger partial charge in [0.1, 0.15) is 6.04 Å². The summed E-state index contributed by atoms with van der Waals surface area (Å²) in [6.07, 6.45) is 2.79. The summed E-state index contributed by atoms with van der Waals surface area (Å²) in [7, 11) is 1.44. The van der Waals surface area contributed by atoms with Crippen LogP contribution in [0.15, 0.2) is 6.20 Å². The van der Waals surface area contributed by atoms with E-state index in [1.165, 1.54) is 12.0 Å². The highest BCUT2D eigenvalue weighted by atomic mass is 32.1. The predicted molar refractivity (Wildman–Crippen MR) is 57.7 cm³/mol. The summed E-state index contributed by atoms with van der Waals surface area (Å²) >= 11 is 1.68. The van der Waals surface area contributed by atoms with Crippen molar-refractivity contribution in [2.75, 3.05) is 13.7 Å². The van der Waals surface area contributed by atoms with Crippen LogP contribution in [-0.2, 0) is 16.1 Å². The molecule has 1 aromatic rings. The summed E-state index contributed by atoms with van der Waals surface area (Å²) in [5.74, 6) is -0.123. The maximum absolute atomic E-state index is 11.3. The van der Waals surface area contributed by atoms with Gasteiger partial charge < -0.3 is 4.74 Å². The smallest absolute Gasteiger partial charge is 0.323 e. The lowest BCUT2D eigenvalue weighted by atomic mass is 10.0. The van der Waals surface area contributed by atoms with Crippen LogP contribution in [0.1, 0.15) is 16.3 Å². The molecule has 82 valence electrons. The van der Waals surface area contributed by atoms with E-state index in [0.29, 0.717) is 0 Å². The second kappa shape index (κ2) is 4.28. The van der Waals surface area contributed by atoms with Gasteiger partial charge in [0.05, 0.1) is 12.1 Å². The van der Waals surface area contributed by atoms with Crippen molar-refractivity contribution in [1.29, 1.82) is 0 Å². The SMILES string of the molecule is COC(=O)C1CCN1Cc1cnc(C)s1. The molecule has 0 aliphatic carbocycles. The van der Waals surface area contributed by atoms with Crippen molar-refractivity contribution in [2.24, 2.45) is 0 Å². The van der Waals surface area contributed by atoms with Gasteiger partial charge in [0.25, 0.3) is 0 Å². The Morgan fingerprint density at radius 1 is 1.80 bits per heavy atom. The molecule has 1 unspecified atom stereocenters. The molecule has 2 rings (SSSR count). The molecule has 1 fully saturated rings. The minimum atomic E-state index is -0.123. The third-order valence-corrected chi connectivity index (χ3v) is 3.53. The summed E-state index contributed by atoms with van der Waals surface area (Å²) in [5, 5.41) is 1.07. The molecule has 0 N–H and O–H groups in total. The molecular formula is C10H14N2O2S. The van der Waals surface area contributed by atoms with Crippen molar-refractivity contribution in [3.05, 3.63) is 16.1 Å². The van der Waals surface area contributed by atoms with E-state index in [2.05, 4.69) is 9.88 Å². The number of hydrogen-bond donors (Lipinski definition) is 0. The largest absolute Gasteiger partial charge is 0.468 e. The van der Waals surface area contributed by atoms with E-state index >= 15 is 0 Å². The number of carbonyl (C=O) groups is 1.